The van der Waals surface area contributed by atoms with Crippen LogP contribution in [0.5, 0.6) is 0 Å². The first kappa shape index (κ1) is 23.0. The molecule has 0 radical (unpaired) electrons. The average molecular weight is 479 g/mol. The maximum absolute atomic E-state index is 12.1. The Bertz CT molecular complexity index is 1390. The molecule has 1 unspecified atom stereocenters. The van der Waals surface area contributed by atoms with Crippen molar-refractivity contribution in [2.45, 2.75) is 20.3 Å². The first-order chi connectivity index (χ1) is 15.8. The highest BCUT2D eigenvalue weighted by Gasteiger charge is 2.17. The highest BCUT2D eigenvalue weighted by Crippen LogP contribution is 2.38. The van der Waals surface area contributed by atoms with Crippen LogP contribution in [-0.2, 0) is 22.5 Å². The Morgan fingerprint density at radius 2 is 1.73 bits per heavy atom. The van der Waals surface area contributed by atoms with Gasteiger partial charge in [0, 0.05) is 5.02 Å². The Hall–Kier alpha value is -3.19. The molecule has 0 aliphatic rings. The molecule has 0 heterocycles. The Balaban J connectivity index is 1.86. The Morgan fingerprint density at radius 3 is 2.36 bits per heavy atom. The Kier molecular flexibility index (Phi) is 6.51. The number of benzene rings is 4. The highest BCUT2D eigenvalue weighted by molar-refractivity contribution is 7.81. The summed E-state index contributed by atoms with van der Waals surface area (Å²) < 4.78 is 25.4. The second-order valence-electron chi connectivity index (χ2n) is 7.82. The monoisotopic (exact) mass is 478 g/mol. The highest BCUT2D eigenvalue weighted by atomic mass is 35.5. The van der Waals surface area contributed by atoms with Crippen molar-refractivity contribution in [3.63, 3.8) is 0 Å². The van der Waals surface area contributed by atoms with Gasteiger partial charge in [0.15, 0.2) is 0 Å². The van der Waals surface area contributed by atoms with Crippen LogP contribution in [0, 0.1) is 13.8 Å². The maximum atomic E-state index is 12.1. The van der Waals surface area contributed by atoms with Crippen LogP contribution in [0.2, 0.25) is 5.02 Å². The van der Waals surface area contributed by atoms with Gasteiger partial charge in [-0.15, -0.1) is 0 Å². The van der Waals surface area contributed by atoms with Gasteiger partial charge in [-0.2, -0.15) is 0 Å². The number of nitrogens with zero attached hydrogens (tertiary/aromatic N) is 1. The van der Waals surface area contributed by atoms with E-state index in [1.165, 1.54) is 4.31 Å². The van der Waals surface area contributed by atoms with Crippen LogP contribution in [-0.4, -0.2) is 19.8 Å². The summed E-state index contributed by atoms with van der Waals surface area (Å²) in [6.07, 6.45) is -0.0916. The van der Waals surface area contributed by atoms with Gasteiger partial charge < -0.3 is 9.66 Å². The topological polar surface area (TPSA) is 80.7 Å². The van der Waals surface area contributed by atoms with E-state index in [4.69, 9.17) is 11.6 Å². The van der Waals surface area contributed by atoms with E-state index in [2.05, 4.69) is 0 Å². The van der Waals surface area contributed by atoms with Gasteiger partial charge in [-0.3, -0.25) is 13.3 Å². The van der Waals surface area contributed by atoms with Gasteiger partial charge in [-0.1, -0.05) is 54.1 Å². The van der Waals surface area contributed by atoms with Gasteiger partial charge in [0.25, 0.3) is 0 Å². The molecule has 4 rings (SSSR count). The molecule has 0 bridgehead atoms. The predicted octanol–water partition coefficient (Wildman–Crippen LogP) is 6.34. The number of anilines is 2. The number of aliphatic carboxylic acids is 1. The van der Waals surface area contributed by atoms with Gasteiger partial charge in [-0.05, 0) is 82.8 Å². The molecule has 0 aliphatic carbocycles. The summed E-state index contributed by atoms with van der Waals surface area (Å²) in [6, 6.07) is 21.9. The number of fused-ring (bicyclic) bond motifs is 1. The minimum Gasteiger partial charge on any atom is -0.755 e. The molecule has 5 nitrogen and oxygen atoms in total. The Labute approximate surface area is 199 Å². The second kappa shape index (κ2) is 9.35. The van der Waals surface area contributed by atoms with E-state index in [0.717, 1.165) is 38.6 Å². The fourth-order valence-corrected chi connectivity index (χ4v) is 4.94. The molecule has 4 aromatic rings. The van der Waals surface area contributed by atoms with E-state index in [-0.39, 0.29) is 6.42 Å². The maximum Gasteiger partial charge on any atom is 0.307 e. The molecule has 4 aromatic carbocycles. The molecule has 33 heavy (non-hydrogen) atoms. The van der Waals surface area contributed by atoms with Gasteiger partial charge in [0.05, 0.1) is 29.1 Å². The summed E-state index contributed by atoms with van der Waals surface area (Å²) in [5.74, 6) is -0.903. The molecule has 0 saturated heterocycles. The van der Waals surface area contributed by atoms with Crippen LogP contribution in [0.15, 0.2) is 72.8 Å². The lowest BCUT2D eigenvalue weighted by Crippen LogP contribution is -2.20. The summed E-state index contributed by atoms with van der Waals surface area (Å²) in [6.45, 7) is 3.75. The van der Waals surface area contributed by atoms with Crippen LogP contribution in [0.1, 0.15) is 16.7 Å². The summed E-state index contributed by atoms with van der Waals surface area (Å²) in [5, 5.41) is 11.7. The normalized spacial score (nSPS) is 12.0. The predicted molar refractivity (Wildman–Crippen MR) is 133 cm³/mol. The summed E-state index contributed by atoms with van der Waals surface area (Å²) in [4.78, 5) is 11.4. The minimum absolute atomic E-state index is 0.0916. The largest absolute Gasteiger partial charge is 0.755 e. The molecule has 0 saturated carbocycles. The molecule has 0 spiro atoms. The third kappa shape index (κ3) is 4.64. The Morgan fingerprint density at radius 1 is 1.03 bits per heavy atom. The van der Waals surface area contributed by atoms with Gasteiger partial charge in [0.2, 0.25) is 0 Å². The number of rotatable bonds is 6. The number of hydrogen-bond acceptors (Lipinski definition) is 3. The van der Waals surface area contributed by atoms with Crippen molar-refractivity contribution in [3.8, 4) is 11.1 Å². The molecular formula is C26H21ClNO4S-. The van der Waals surface area contributed by atoms with Crippen molar-refractivity contribution < 1.29 is 18.7 Å². The molecule has 0 aliphatic heterocycles. The number of halogens is 1. The van der Waals surface area contributed by atoms with Crippen LogP contribution in [0.3, 0.4) is 0 Å². The zero-order chi connectivity index (χ0) is 23.7. The lowest BCUT2D eigenvalue weighted by molar-refractivity contribution is -0.136. The molecule has 168 valence electrons. The summed E-state index contributed by atoms with van der Waals surface area (Å²) in [5.41, 5.74) is 5.21. The van der Waals surface area contributed by atoms with Crippen LogP contribution in [0.25, 0.3) is 21.9 Å². The third-order valence-electron chi connectivity index (χ3n) is 5.69. The lowest BCUT2D eigenvalue weighted by Gasteiger charge is -2.28. The van der Waals surface area contributed by atoms with E-state index in [0.29, 0.717) is 16.4 Å². The van der Waals surface area contributed by atoms with Crippen LogP contribution >= 0.6 is 11.6 Å². The zero-order valence-corrected chi connectivity index (χ0v) is 19.6. The smallest absolute Gasteiger partial charge is 0.307 e. The lowest BCUT2D eigenvalue weighted by atomic mass is 9.89. The number of carbonyl (C=O) groups is 1. The van der Waals surface area contributed by atoms with E-state index < -0.39 is 17.2 Å². The fraction of sp³-hybridized carbons (Fsp3) is 0.115. The molecule has 7 heteroatoms. The number of carboxylic acid groups (broad SMARTS) is 1. The first-order valence-corrected chi connectivity index (χ1v) is 11.7. The summed E-state index contributed by atoms with van der Waals surface area (Å²) in [7, 11) is 0. The van der Waals surface area contributed by atoms with Crippen molar-refractivity contribution in [3.05, 3.63) is 94.5 Å². The van der Waals surface area contributed by atoms with Crippen LogP contribution < -0.4 is 4.31 Å². The number of hydrogen-bond donors (Lipinski definition) is 1. The minimum atomic E-state index is -2.51. The standard InChI is InChI=1S/C26H22ClNO4S/c1-16-5-3-4-6-24(16)28(33(31)32)22-11-8-18(9-12-22)26-17(2)20(14-25(29)30)13-19-7-10-21(27)15-23(19)26/h3-13,15H,14H2,1-2H3,(H,29,30)(H,31,32)/p-1. The van der Waals surface area contributed by atoms with Crippen LogP contribution in [0.4, 0.5) is 11.4 Å². The second-order valence-corrected chi connectivity index (χ2v) is 9.05. The SMILES string of the molecule is Cc1ccccc1N(c1ccc(-c2c(C)c(CC(=O)O)cc3ccc(Cl)cc23)cc1)S(=O)[O-]. The average Bonchev–Trinajstić information content (AvgIpc) is 2.76. The van der Waals surface area contributed by atoms with Gasteiger partial charge in [-0.25, -0.2) is 0 Å². The zero-order valence-electron chi connectivity index (χ0n) is 18.0. The molecule has 0 fully saturated rings. The van der Waals surface area contributed by atoms with Gasteiger partial charge >= 0.3 is 5.97 Å². The molecule has 0 amide bonds. The number of para-hydroxylation sites is 1. The molecule has 1 atom stereocenters. The third-order valence-corrected chi connectivity index (χ3v) is 6.63. The van der Waals surface area contributed by atoms with E-state index in [1.807, 2.05) is 56.3 Å². The van der Waals surface area contributed by atoms with Crippen molar-refractivity contribution in [1.29, 1.82) is 0 Å². The summed E-state index contributed by atoms with van der Waals surface area (Å²) >= 11 is 3.76. The fourth-order valence-electron chi connectivity index (χ4n) is 4.11. The van der Waals surface area contributed by atoms with Crippen molar-refractivity contribution >= 4 is 51.0 Å². The molecular weight excluding hydrogens is 458 g/mol. The van der Waals surface area contributed by atoms with Crippen molar-refractivity contribution in [1.82, 2.24) is 0 Å². The molecule has 1 N–H and O–H groups in total. The quantitative estimate of drug-likeness (QED) is 0.328. The van der Waals surface area contributed by atoms with E-state index in [9.17, 15) is 18.7 Å². The molecule has 0 aromatic heterocycles. The number of aryl methyl sites for hydroxylation is 1. The van der Waals surface area contributed by atoms with E-state index >= 15 is 0 Å². The van der Waals surface area contributed by atoms with Crippen molar-refractivity contribution in [2.24, 2.45) is 0 Å². The number of carboxylic acids is 1. The van der Waals surface area contributed by atoms with Crippen molar-refractivity contribution in [2.75, 3.05) is 4.31 Å². The first-order valence-electron chi connectivity index (χ1n) is 10.3. The van der Waals surface area contributed by atoms with Gasteiger partial charge in [0.1, 0.15) is 0 Å². The van der Waals surface area contributed by atoms with E-state index in [1.54, 1.807) is 30.3 Å².